The summed E-state index contributed by atoms with van der Waals surface area (Å²) in [5, 5.41) is 3.18. The predicted octanol–water partition coefficient (Wildman–Crippen LogP) is 3.99. The number of nitrogens with zero attached hydrogens (tertiary/aromatic N) is 1. The quantitative estimate of drug-likeness (QED) is 0.836. The second kappa shape index (κ2) is 8.90. The lowest BCUT2D eigenvalue weighted by atomic mass is 9.79. The normalized spacial score (nSPS) is 20.5. The highest BCUT2D eigenvalue weighted by Crippen LogP contribution is 2.35. The fourth-order valence-electron chi connectivity index (χ4n) is 4.45. The minimum absolute atomic E-state index is 0.00909. The van der Waals surface area contributed by atoms with Crippen LogP contribution in [0.5, 0.6) is 5.75 Å². The number of benzene rings is 1. The van der Waals surface area contributed by atoms with Gasteiger partial charge in [-0.2, -0.15) is 0 Å². The van der Waals surface area contributed by atoms with Crippen LogP contribution in [-0.2, 0) is 4.79 Å². The van der Waals surface area contributed by atoms with Crippen LogP contribution in [-0.4, -0.2) is 42.6 Å². The summed E-state index contributed by atoms with van der Waals surface area (Å²) in [7, 11) is 0. The van der Waals surface area contributed by atoms with Crippen molar-refractivity contribution in [2.24, 2.45) is 0 Å². The number of carbonyl (C=O) groups excluding carboxylic acids is 1. The Balaban J connectivity index is 1.52. The maximum absolute atomic E-state index is 12.4. The number of piperidine rings is 1. The molecule has 1 amide bonds. The Hall–Kier alpha value is -1.55. The third-order valence-electron chi connectivity index (χ3n) is 6.27. The number of amides is 1. The van der Waals surface area contributed by atoms with E-state index in [2.05, 4.69) is 24.1 Å². The zero-order chi connectivity index (χ0) is 18.4. The average Bonchev–Trinajstić information content (AvgIpc) is 2.69. The van der Waals surface area contributed by atoms with Gasteiger partial charge in [-0.3, -0.25) is 9.69 Å². The monoisotopic (exact) mass is 358 g/mol. The molecule has 3 rings (SSSR count). The molecule has 26 heavy (non-hydrogen) atoms. The zero-order valence-corrected chi connectivity index (χ0v) is 16.5. The van der Waals surface area contributed by atoms with E-state index in [-0.39, 0.29) is 18.1 Å². The lowest BCUT2D eigenvalue weighted by molar-refractivity contribution is -0.124. The summed E-state index contributed by atoms with van der Waals surface area (Å²) < 4.78 is 5.70. The highest BCUT2D eigenvalue weighted by Gasteiger charge is 2.38. The van der Waals surface area contributed by atoms with E-state index < -0.39 is 0 Å². The van der Waals surface area contributed by atoms with Crippen molar-refractivity contribution in [2.75, 3.05) is 26.2 Å². The molecule has 0 atom stereocenters. The summed E-state index contributed by atoms with van der Waals surface area (Å²) in [4.78, 5) is 15.0. The molecule has 0 spiro atoms. The Morgan fingerprint density at radius 3 is 2.42 bits per heavy atom. The van der Waals surface area contributed by atoms with Gasteiger partial charge in [0, 0.05) is 12.1 Å². The number of hydrogen-bond donors (Lipinski definition) is 1. The molecule has 0 bridgehead atoms. The number of hydrogen-bond acceptors (Lipinski definition) is 3. The third-order valence-corrected chi connectivity index (χ3v) is 6.27. The minimum Gasteiger partial charge on any atom is -0.484 e. The van der Waals surface area contributed by atoms with E-state index in [1.165, 1.54) is 75.6 Å². The molecule has 1 aliphatic carbocycles. The van der Waals surface area contributed by atoms with Gasteiger partial charge < -0.3 is 10.1 Å². The molecule has 1 saturated carbocycles. The van der Waals surface area contributed by atoms with Gasteiger partial charge in [0.2, 0.25) is 0 Å². The number of rotatable bonds is 6. The van der Waals surface area contributed by atoms with Crippen LogP contribution in [0.4, 0.5) is 0 Å². The third kappa shape index (κ3) is 4.79. The highest BCUT2D eigenvalue weighted by molar-refractivity contribution is 5.77. The van der Waals surface area contributed by atoms with Gasteiger partial charge in [-0.15, -0.1) is 0 Å². The topological polar surface area (TPSA) is 41.6 Å². The fraction of sp³-hybridized carbons (Fsp3) is 0.682. The number of carbonyl (C=O) groups is 1. The van der Waals surface area contributed by atoms with E-state index in [9.17, 15) is 4.79 Å². The molecule has 1 N–H and O–H groups in total. The summed E-state index contributed by atoms with van der Waals surface area (Å²) in [5.41, 5.74) is 2.60. The lowest BCUT2D eigenvalue weighted by Gasteiger charge is -2.48. The fourth-order valence-corrected chi connectivity index (χ4v) is 4.45. The molecule has 1 aromatic rings. The SMILES string of the molecule is Cc1ccc(OCC(=O)NCC2(N3CCCCC3)CCCCC2)cc1C. The summed E-state index contributed by atoms with van der Waals surface area (Å²) in [6, 6.07) is 5.97. The highest BCUT2D eigenvalue weighted by atomic mass is 16.5. The van der Waals surface area contributed by atoms with Gasteiger partial charge >= 0.3 is 0 Å². The molecule has 2 aliphatic rings. The molecule has 0 radical (unpaired) electrons. The van der Waals surface area contributed by atoms with Crippen LogP contribution in [0.2, 0.25) is 0 Å². The van der Waals surface area contributed by atoms with Crippen LogP contribution < -0.4 is 10.1 Å². The molecule has 4 heteroatoms. The van der Waals surface area contributed by atoms with Crippen molar-refractivity contribution >= 4 is 5.91 Å². The Morgan fingerprint density at radius 2 is 1.73 bits per heavy atom. The maximum Gasteiger partial charge on any atom is 0.258 e. The summed E-state index contributed by atoms with van der Waals surface area (Å²) >= 11 is 0. The summed E-state index contributed by atoms with van der Waals surface area (Å²) in [6.07, 6.45) is 10.3. The first-order valence-electron chi connectivity index (χ1n) is 10.3. The first-order chi connectivity index (χ1) is 12.6. The lowest BCUT2D eigenvalue weighted by Crippen LogP contribution is -2.58. The van der Waals surface area contributed by atoms with E-state index in [1.54, 1.807) is 0 Å². The molecular formula is C22H34N2O2. The van der Waals surface area contributed by atoms with Gasteiger partial charge in [0.15, 0.2) is 6.61 Å². The van der Waals surface area contributed by atoms with Crippen molar-refractivity contribution in [3.63, 3.8) is 0 Å². The second-order valence-corrected chi connectivity index (χ2v) is 8.14. The minimum atomic E-state index is -0.00909. The van der Waals surface area contributed by atoms with Crippen LogP contribution in [0, 0.1) is 13.8 Å². The molecule has 2 fully saturated rings. The van der Waals surface area contributed by atoms with Crippen LogP contribution >= 0.6 is 0 Å². The van der Waals surface area contributed by atoms with Crippen LogP contribution in [0.25, 0.3) is 0 Å². The summed E-state index contributed by atoms with van der Waals surface area (Å²) in [5.74, 6) is 0.761. The molecule has 1 heterocycles. The van der Waals surface area contributed by atoms with Crippen LogP contribution in [0.3, 0.4) is 0 Å². The van der Waals surface area contributed by atoms with E-state index >= 15 is 0 Å². The number of likely N-dealkylation sites (tertiary alicyclic amines) is 1. The first kappa shape index (κ1) is 19.2. The Kier molecular flexibility index (Phi) is 6.58. The van der Waals surface area contributed by atoms with E-state index in [1.807, 2.05) is 18.2 Å². The molecule has 1 saturated heterocycles. The van der Waals surface area contributed by atoms with E-state index in [0.29, 0.717) is 0 Å². The summed E-state index contributed by atoms with van der Waals surface area (Å²) in [6.45, 7) is 7.38. The van der Waals surface area contributed by atoms with E-state index in [0.717, 1.165) is 12.3 Å². The zero-order valence-electron chi connectivity index (χ0n) is 16.5. The van der Waals surface area contributed by atoms with Crippen molar-refractivity contribution in [2.45, 2.75) is 70.8 Å². The molecule has 0 unspecified atom stereocenters. The van der Waals surface area contributed by atoms with Crippen molar-refractivity contribution in [3.8, 4) is 5.75 Å². The molecule has 1 aromatic carbocycles. The molecule has 0 aromatic heterocycles. The van der Waals surface area contributed by atoms with Crippen molar-refractivity contribution < 1.29 is 9.53 Å². The van der Waals surface area contributed by atoms with E-state index in [4.69, 9.17) is 4.74 Å². The first-order valence-corrected chi connectivity index (χ1v) is 10.3. The standard InChI is InChI=1S/C22H34N2O2/c1-18-9-10-20(15-19(18)2)26-16-21(25)23-17-22(11-5-3-6-12-22)24-13-7-4-8-14-24/h9-10,15H,3-8,11-14,16-17H2,1-2H3,(H,23,25). The van der Waals surface area contributed by atoms with Gasteiger partial charge in [-0.25, -0.2) is 0 Å². The smallest absolute Gasteiger partial charge is 0.258 e. The average molecular weight is 359 g/mol. The maximum atomic E-state index is 12.4. The number of ether oxygens (including phenoxy) is 1. The van der Waals surface area contributed by atoms with Crippen molar-refractivity contribution in [3.05, 3.63) is 29.3 Å². The Labute approximate surface area is 158 Å². The molecule has 144 valence electrons. The van der Waals surface area contributed by atoms with Crippen LogP contribution in [0.15, 0.2) is 18.2 Å². The van der Waals surface area contributed by atoms with Crippen LogP contribution in [0.1, 0.15) is 62.5 Å². The van der Waals surface area contributed by atoms with Crippen molar-refractivity contribution in [1.29, 1.82) is 0 Å². The van der Waals surface area contributed by atoms with Gasteiger partial charge in [0.05, 0.1) is 0 Å². The van der Waals surface area contributed by atoms with Gasteiger partial charge in [0.1, 0.15) is 5.75 Å². The molecule has 1 aliphatic heterocycles. The number of nitrogens with one attached hydrogen (secondary N) is 1. The second-order valence-electron chi connectivity index (χ2n) is 8.14. The van der Waals surface area contributed by atoms with Gasteiger partial charge in [-0.05, 0) is 75.9 Å². The number of aryl methyl sites for hydroxylation is 2. The Bertz CT molecular complexity index is 602. The van der Waals surface area contributed by atoms with Gasteiger partial charge in [-0.1, -0.05) is 31.7 Å². The largest absolute Gasteiger partial charge is 0.484 e. The molecular weight excluding hydrogens is 324 g/mol. The van der Waals surface area contributed by atoms with Crippen molar-refractivity contribution in [1.82, 2.24) is 10.2 Å². The molecule has 4 nitrogen and oxygen atoms in total. The van der Waals surface area contributed by atoms with Gasteiger partial charge in [0.25, 0.3) is 5.91 Å². The predicted molar refractivity (Wildman–Crippen MR) is 106 cm³/mol. The Morgan fingerprint density at radius 1 is 1.04 bits per heavy atom.